The van der Waals surface area contributed by atoms with Crippen LogP contribution in [0.2, 0.25) is 0 Å². The van der Waals surface area contributed by atoms with Crippen molar-refractivity contribution in [2.75, 3.05) is 7.05 Å². The number of carbonyl (C=O) groups is 1. The van der Waals surface area contributed by atoms with E-state index in [9.17, 15) is 4.79 Å². The van der Waals surface area contributed by atoms with Crippen molar-refractivity contribution in [3.05, 3.63) is 81.6 Å². The summed E-state index contributed by atoms with van der Waals surface area (Å²) in [6.07, 6.45) is 1.81. The molecular formula is C21H22BrN3O2. The van der Waals surface area contributed by atoms with Crippen LogP contribution < -0.4 is 4.74 Å². The summed E-state index contributed by atoms with van der Waals surface area (Å²) in [5.41, 5.74) is 3.71. The lowest BCUT2D eigenvalue weighted by atomic mass is 10.1. The van der Waals surface area contributed by atoms with Crippen molar-refractivity contribution in [1.82, 2.24) is 14.7 Å². The number of rotatable bonds is 6. The average molecular weight is 428 g/mol. The van der Waals surface area contributed by atoms with Crippen molar-refractivity contribution >= 4 is 21.8 Å². The van der Waals surface area contributed by atoms with Gasteiger partial charge < -0.3 is 9.64 Å². The van der Waals surface area contributed by atoms with E-state index in [1.807, 2.05) is 73.4 Å². The van der Waals surface area contributed by atoms with E-state index < -0.39 is 0 Å². The second-order valence-electron chi connectivity index (χ2n) is 6.48. The molecule has 5 nitrogen and oxygen atoms in total. The first-order chi connectivity index (χ1) is 12.9. The highest BCUT2D eigenvalue weighted by molar-refractivity contribution is 9.10. The second kappa shape index (κ2) is 8.39. The highest BCUT2D eigenvalue weighted by Gasteiger charge is 2.15. The lowest BCUT2D eigenvalue weighted by molar-refractivity contribution is 0.0784. The van der Waals surface area contributed by atoms with Crippen molar-refractivity contribution in [2.24, 2.45) is 7.05 Å². The fraction of sp³-hybridized carbons (Fsp3) is 0.238. The van der Waals surface area contributed by atoms with Gasteiger partial charge in [0.05, 0.1) is 6.20 Å². The third-order valence-corrected chi connectivity index (χ3v) is 5.01. The molecule has 0 saturated heterocycles. The van der Waals surface area contributed by atoms with Crippen LogP contribution in [-0.2, 0) is 20.2 Å². The van der Waals surface area contributed by atoms with Crippen LogP contribution in [0.4, 0.5) is 0 Å². The number of carbonyl (C=O) groups excluding carboxylic acids is 1. The Morgan fingerprint density at radius 1 is 1.22 bits per heavy atom. The minimum atomic E-state index is -0.0243. The number of aryl methyl sites for hydroxylation is 1. The topological polar surface area (TPSA) is 47.4 Å². The molecule has 2 aromatic carbocycles. The van der Waals surface area contributed by atoms with Crippen LogP contribution in [0.3, 0.4) is 0 Å². The molecule has 0 N–H and O–H groups in total. The van der Waals surface area contributed by atoms with Gasteiger partial charge in [-0.15, -0.1) is 0 Å². The lowest BCUT2D eigenvalue weighted by Crippen LogP contribution is -2.26. The van der Waals surface area contributed by atoms with Gasteiger partial charge in [0, 0.05) is 41.9 Å². The van der Waals surface area contributed by atoms with E-state index >= 15 is 0 Å². The van der Waals surface area contributed by atoms with Gasteiger partial charge in [-0.25, -0.2) is 0 Å². The number of ether oxygens (including phenoxy) is 1. The molecule has 140 valence electrons. The van der Waals surface area contributed by atoms with E-state index in [1.165, 1.54) is 0 Å². The summed E-state index contributed by atoms with van der Waals surface area (Å²) < 4.78 is 8.62. The maximum Gasteiger partial charge on any atom is 0.253 e. The molecule has 0 aliphatic rings. The van der Waals surface area contributed by atoms with E-state index in [-0.39, 0.29) is 5.91 Å². The Labute approximate surface area is 167 Å². The van der Waals surface area contributed by atoms with E-state index in [1.54, 1.807) is 11.9 Å². The molecule has 0 spiro atoms. The van der Waals surface area contributed by atoms with Crippen LogP contribution in [0.1, 0.15) is 27.2 Å². The number of hydrogen-bond acceptors (Lipinski definition) is 3. The maximum absolute atomic E-state index is 12.8. The second-order valence-corrected chi connectivity index (χ2v) is 7.40. The Hall–Kier alpha value is -2.60. The first kappa shape index (κ1) is 19.2. The summed E-state index contributed by atoms with van der Waals surface area (Å²) in [6, 6.07) is 15.2. The predicted octanol–water partition coefficient (Wildman–Crippen LogP) is 4.34. The van der Waals surface area contributed by atoms with Crippen molar-refractivity contribution in [3.8, 4) is 5.75 Å². The third kappa shape index (κ3) is 4.77. The molecule has 0 saturated carbocycles. The zero-order valence-corrected chi connectivity index (χ0v) is 17.2. The van der Waals surface area contributed by atoms with E-state index in [0.717, 1.165) is 27.0 Å². The quantitative estimate of drug-likeness (QED) is 0.587. The molecule has 0 bridgehead atoms. The first-order valence-corrected chi connectivity index (χ1v) is 9.43. The Morgan fingerprint density at radius 2 is 1.96 bits per heavy atom. The molecule has 1 amide bonds. The summed E-state index contributed by atoms with van der Waals surface area (Å²) in [5.74, 6) is 0.767. The van der Waals surface area contributed by atoms with Crippen molar-refractivity contribution in [2.45, 2.75) is 20.1 Å². The fourth-order valence-corrected chi connectivity index (χ4v) is 3.00. The normalized spacial score (nSPS) is 10.7. The average Bonchev–Trinajstić information content (AvgIpc) is 2.99. The Morgan fingerprint density at radius 3 is 2.63 bits per heavy atom. The number of benzene rings is 2. The number of hydrogen-bond donors (Lipinski definition) is 0. The highest BCUT2D eigenvalue weighted by Crippen LogP contribution is 2.18. The number of nitrogens with zero attached hydrogens (tertiary/aromatic N) is 3. The fourth-order valence-electron chi connectivity index (χ4n) is 2.74. The molecule has 0 unspecified atom stereocenters. The maximum atomic E-state index is 12.8. The van der Waals surface area contributed by atoms with Crippen molar-refractivity contribution in [1.29, 1.82) is 0 Å². The molecule has 0 fully saturated rings. The predicted molar refractivity (Wildman–Crippen MR) is 109 cm³/mol. The molecule has 6 heteroatoms. The largest absolute Gasteiger partial charge is 0.489 e. The van der Waals surface area contributed by atoms with Gasteiger partial charge in [-0.2, -0.15) is 5.10 Å². The van der Waals surface area contributed by atoms with Gasteiger partial charge in [0.2, 0.25) is 0 Å². The monoisotopic (exact) mass is 427 g/mol. The SMILES string of the molecule is Cc1c(CN(C)C(=O)c2cccc(COc3ccc(Br)cc3)c2)cnn1C. The molecule has 27 heavy (non-hydrogen) atoms. The minimum Gasteiger partial charge on any atom is -0.489 e. The van der Waals surface area contributed by atoms with Crippen molar-refractivity contribution < 1.29 is 9.53 Å². The van der Waals surface area contributed by atoms with Crippen LogP contribution in [0.15, 0.2) is 59.2 Å². The van der Waals surface area contributed by atoms with Gasteiger partial charge >= 0.3 is 0 Å². The van der Waals surface area contributed by atoms with Gasteiger partial charge in [-0.3, -0.25) is 9.48 Å². The van der Waals surface area contributed by atoms with Gasteiger partial charge in [-0.1, -0.05) is 28.1 Å². The standard InChI is InChI=1S/C21H22BrN3O2/c1-15-18(12-23-25(15)3)13-24(2)21(26)17-6-4-5-16(11-17)14-27-20-9-7-19(22)8-10-20/h4-12H,13-14H2,1-3H3. The van der Waals surface area contributed by atoms with Gasteiger partial charge in [0.1, 0.15) is 12.4 Å². The van der Waals surface area contributed by atoms with Crippen LogP contribution in [-0.4, -0.2) is 27.6 Å². The number of halogens is 1. The summed E-state index contributed by atoms with van der Waals surface area (Å²) >= 11 is 3.41. The van der Waals surface area contributed by atoms with Gasteiger partial charge in [0.25, 0.3) is 5.91 Å². The Balaban J connectivity index is 1.65. The molecular weight excluding hydrogens is 406 g/mol. The summed E-state index contributed by atoms with van der Waals surface area (Å²) in [7, 11) is 3.70. The van der Waals surface area contributed by atoms with E-state index in [4.69, 9.17) is 4.74 Å². The number of aromatic nitrogens is 2. The summed E-state index contributed by atoms with van der Waals surface area (Å²) in [5, 5.41) is 4.23. The van der Waals surface area contributed by atoms with Crippen molar-refractivity contribution in [3.63, 3.8) is 0 Å². The van der Waals surface area contributed by atoms with Crippen LogP contribution in [0.25, 0.3) is 0 Å². The van der Waals surface area contributed by atoms with E-state index in [2.05, 4.69) is 21.0 Å². The van der Waals surface area contributed by atoms with Crippen LogP contribution in [0.5, 0.6) is 5.75 Å². The minimum absolute atomic E-state index is 0.0243. The lowest BCUT2D eigenvalue weighted by Gasteiger charge is -2.17. The van der Waals surface area contributed by atoms with Crippen LogP contribution in [0, 0.1) is 6.92 Å². The summed E-state index contributed by atoms with van der Waals surface area (Å²) in [4.78, 5) is 14.5. The molecule has 0 atom stereocenters. The number of amides is 1. The molecule has 3 aromatic rings. The zero-order valence-electron chi connectivity index (χ0n) is 15.6. The van der Waals surface area contributed by atoms with E-state index in [0.29, 0.717) is 18.7 Å². The molecule has 1 heterocycles. The summed E-state index contributed by atoms with van der Waals surface area (Å²) in [6.45, 7) is 2.94. The highest BCUT2D eigenvalue weighted by atomic mass is 79.9. The van der Waals surface area contributed by atoms with Gasteiger partial charge in [0.15, 0.2) is 0 Å². The first-order valence-electron chi connectivity index (χ1n) is 8.64. The van der Waals surface area contributed by atoms with Gasteiger partial charge in [-0.05, 0) is 48.9 Å². The molecule has 0 aliphatic heterocycles. The molecule has 0 radical (unpaired) electrons. The third-order valence-electron chi connectivity index (χ3n) is 4.48. The molecule has 1 aromatic heterocycles. The van der Waals surface area contributed by atoms with Crippen LogP contribution >= 0.6 is 15.9 Å². The smallest absolute Gasteiger partial charge is 0.253 e. The zero-order chi connectivity index (χ0) is 19.4. The Kier molecular flexibility index (Phi) is 5.96. The molecule has 0 aliphatic carbocycles. The Bertz CT molecular complexity index is 935. The molecule has 3 rings (SSSR count).